The molecule has 0 saturated carbocycles. The van der Waals surface area contributed by atoms with Gasteiger partial charge in [-0.3, -0.25) is 9.59 Å². The van der Waals surface area contributed by atoms with E-state index in [-0.39, 0.29) is 16.3 Å². The van der Waals surface area contributed by atoms with Gasteiger partial charge in [0.1, 0.15) is 0 Å². The van der Waals surface area contributed by atoms with Crippen molar-refractivity contribution >= 4 is 40.6 Å². The molecule has 0 aliphatic heterocycles. The highest BCUT2D eigenvalue weighted by atomic mass is 35.5. The average Bonchev–Trinajstić information content (AvgIpc) is 2.57. The number of carbonyl (C=O) groups is 2. The molecule has 0 spiro atoms. The Labute approximate surface area is 156 Å². The van der Waals surface area contributed by atoms with Crippen molar-refractivity contribution in [1.29, 1.82) is 5.26 Å². The summed E-state index contributed by atoms with van der Waals surface area (Å²) >= 11 is 11.6. The number of halogens is 5. The van der Waals surface area contributed by atoms with Gasteiger partial charge in [0, 0.05) is 10.6 Å². The second-order valence-electron chi connectivity index (χ2n) is 5.11. The molecule has 0 fully saturated rings. The number of nitrogens with zero attached hydrogens (tertiary/aromatic N) is 1. The highest BCUT2D eigenvalue weighted by Gasteiger charge is 2.32. The molecule has 9 heteroatoms. The van der Waals surface area contributed by atoms with E-state index in [0.717, 1.165) is 12.1 Å². The molecule has 0 aliphatic rings. The normalized spacial score (nSPS) is 12.2. The molecular formula is C17H9Cl2F3N2O2. The van der Waals surface area contributed by atoms with Gasteiger partial charge in [-0.05, 0) is 30.3 Å². The van der Waals surface area contributed by atoms with Crippen LogP contribution in [0, 0.1) is 17.2 Å². The lowest BCUT2D eigenvalue weighted by Gasteiger charge is -2.12. The summed E-state index contributed by atoms with van der Waals surface area (Å²) in [6, 6.07) is 8.97. The SMILES string of the molecule is N#CC(C(=O)Nc1ccc(Cl)cc1Cl)C(=O)c1ccc(C(F)(F)F)cc1. The predicted molar refractivity (Wildman–Crippen MR) is 90.0 cm³/mol. The minimum absolute atomic E-state index is 0.101. The summed E-state index contributed by atoms with van der Waals surface area (Å²) in [6.45, 7) is 0. The summed E-state index contributed by atoms with van der Waals surface area (Å²) in [4.78, 5) is 24.5. The van der Waals surface area contributed by atoms with E-state index in [9.17, 15) is 22.8 Å². The second-order valence-corrected chi connectivity index (χ2v) is 5.96. The fraction of sp³-hybridized carbons (Fsp3) is 0.118. The zero-order valence-corrected chi connectivity index (χ0v) is 14.3. The minimum atomic E-state index is -4.56. The molecule has 0 bridgehead atoms. The van der Waals surface area contributed by atoms with E-state index in [4.69, 9.17) is 28.5 Å². The summed E-state index contributed by atoms with van der Waals surface area (Å²) in [5.74, 6) is -3.64. The van der Waals surface area contributed by atoms with Crippen LogP contribution in [0.3, 0.4) is 0 Å². The Bertz CT molecular complexity index is 890. The Kier molecular flexibility index (Phi) is 5.90. The van der Waals surface area contributed by atoms with Crippen LogP contribution >= 0.6 is 23.2 Å². The van der Waals surface area contributed by atoms with Gasteiger partial charge in [-0.1, -0.05) is 35.3 Å². The molecule has 0 radical (unpaired) electrons. The largest absolute Gasteiger partial charge is 0.416 e. The fourth-order valence-electron chi connectivity index (χ4n) is 2.02. The number of ketones is 1. The molecule has 2 rings (SSSR count). The van der Waals surface area contributed by atoms with Gasteiger partial charge in [-0.25, -0.2) is 0 Å². The smallest absolute Gasteiger partial charge is 0.323 e. The molecule has 0 aliphatic carbocycles. The maximum atomic E-state index is 12.6. The highest BCUT2D eigenvalue weighted by Crippen LogP contribution is 2.30. The lowest BCUT2D eigenvalue weighted by molar-refractivity contribution is -0.137. The predicted octanol–water partition coefficient (Wildman–Crippen LogP) is 4.97. The molecule has 1 unspecified atom stereocenters. The van der Waals surface area contributed by atoms with Crippen molar-refractivity contribution in [2.75, 3.05) is 5.32 Å². The van der Waals surface area contributed by atoms with E-state index in [0.29, 0.717) is 17.2 Å². The Balaban J connectivity index is 2.20. The van der Waals surface area contributed by atoms with Gasteiger partial charge in [-0.15, -0.1) is 0 Å². The van der Waals surface area contributed by atoms with E-state index in [1.807, 2.05) is 0 Å². The molecule has 0 saturated heterocycles. The van der Waals surface area contributed by atoms with Crippen molar-refractivity contribution in [3.8, 4) is 6.07 Å². The van der Waals surface area contributed by atoms with Gasteiger partial charge < -0.3 is 5.32 Å². The van der Waals surface area contributed by atoms with Crippen LogP contribution in [0.25, 0.3) is 0 Å². The molecule has 4 nitrogen and oxygen atoms in total. The molecule has 26 heavy (non-hydrogen) atoms. The molecule has 2 aromatic carbocycles. The van der Waals surface area contributed by atoms with E-state index < -0.39 is 29.3 Å². The van der Waals surface area contributed by atoms with Gasteiger partial charge in [0.25, 0.3) is 0 Å². The van der Waals surface area contributed by atoms with Crippen LogP contribution in [0.1, 0.15) is 15.9 Å². The Morgan fingerprint density at radius 1 is 1.08 bits per heavy atom. The first kappa shape index (κ1) is 19.8. The number of hydrogen-bond acceptors (Lipinski definition) is 3. The quantitative estimate of drug-likeness (QED) is 0.581. The number of amides is 1. The van der Waals surface area contributed by atoms with Crippen molar-refractivity contribution < 1.29 is 22.8 Å². The summed E-state index contributed by atoms with van der Waals surface area (Å²) in [5, 5.41) is 11.9. The molecule has 0 aromatic heterocycles. The molecule has 134 valence electrons. The fourth-order valence-corrected chi connectivity index (χ4v) is 2.48. The average molecular weight is 401 g/mol. The third-order valence-electron chi connectivity index (χ3n) is 3.34. The monoisotopic (exact) mass is 400 g/mol. The first-order valence-corrected chi connectivity index (χ1v) is 7.76. The van der Waals surface area contributed by atoms with Gasteiger partial charge in [0.05, 0.1) is 22.3 Å². The Morgan fingerprint density at radius 3 is 2.19 bits per heavy atom. The van der Waals surface area contributed by atoms with Gasteiger partial charge in [0.2, 0.25) is 5.91 Å². The van der Waals surface area contributed by atoms with Crippen LogP contribution in [0.15, 0.2) is 42.5 Å². The summed E-state index contributed by atoms with van der Waals surface area (Å²) in [7, 11) is 0. The zero-order chi connectivity index (χ0) is 19.5. The van der Waals surface area contributed by atoms with Gasteiger partial charge in [-0.2, -0.15) is 18.4 Å². The van der Waals surface area contributed by atoms with Crippen LogP contribution in [0.2, 0.25) is 10.0 Å². The number of nitrogens with one attached hydrogen (secondary N) is 1. The number of alkyl halides is 3. The van der Waals surface area contributed by atoms with E-state index in [2.05, 4.69) is 5.32 Å². The first-order chi connectivity index (χ1) is 12.1. The van der Waals surface area contributed by atoms with E-state index in [1.165, 1.54) is 18.2 Å². The van der Waals surface area contributed by atoms with Gasteiger partial charge >= 0.3 is 6.18 Å². The topological polar surface area (TPSA) is 70.0 Å². The number of carbonyl (C=O) groups excluding carboxylic acids is 2. The molecule has 1 N–H and O–H groups in total. The van der Waals surface area contributed by atoms with E-state index >= 15 is 0 Å². The molecular weight excluding hydrogens is 392 g/mol. The van der Waals surface area contributed by atoms with Crippen LogP contribution in [-0.4, -0.2) is 11.7 Å². The third-order valence-corrected chi connectivity index (χ3v) is 3.89. The summed E-state index contributed by atoms with van der Waals surface area (Å²) in [5.41, 5.74) is -0.997. The van der Waals surface area contributed by atoms with Crippen molar-refractivity contribution in [1.82, 2.24) is 0 Å². The number of rotatable bonds is 4. The molecule has 1 atom stereocenters. The molecule has 0 heterocycles. The highest BCUT2D eigenvalue weighted by molar-refractivity contribution is 6.36. The molecule has 1 amide bonds. The Hall–Kier alpha value is -2.56. The lowest BCUT2D eigenvalue weighted by Crippen LogP contribution is -2.28. The number of benzene rings is 2. The Morgan fingerprint density at radius 2 is 1.69 bits per heavy atom. The van der Waals surface area contributed by atoms with Crippen LogP contribution in [0.4, 0.5) is 18.9 Å². The summed E-state index contributed by atoms with van der Waals surface area (Å²) in [6.07, 6.45) is -4.56. The maximum Gasteiger partial charge on any atom is 0.416 e. The standard InChI is InChI=1S/C17H9Cl2F3N2O2/c18-11-5-6-14(13(19)7-11)24-16(26)12(8-23)15(25)9-1-3-10(4-2-9)17(20,21)22/h1-7,12H,(H,24,26). The number of Topliss-reactive ketones (excluding diaryl/α,β-unsaturated/α-hetero) is 1. The number of anilines is 1. The minimum Gasteiger partial charge on any atom is -0.323 e. The van der Waals surface area contributed by atoms with Crippen LogP contribution in [-0.2, 0) is 11.0 Å². The number of hydrogen-bond donors (Lipinski definition) is 1. The van der Waals surface area contributed by atoms with E-state index in [1.54, 1.807) is 6.07 Å². The third kappa shape index (κ3) is 4.54. The van der Waals surface area contributed by atoms with Gasteiger partial charge in [0.15, 0.2) is 11.7 Å². The first-order valence-electron chi connectivity index (χ1n) is 7.00. The van der Waals surface area contributed by atoms with Crippen molar-refractivity contribution in [3.63, 3.8) is 0 Å². The second kappa shape index (κ2) is 7.77. The van der Waals surface area contributed by atoms with Crippen molar-refractivity contribution in [2.24, 2.45) is 5.92 Å². The summed E-state index contributed by atoms with van der Waals surface area (Å²) < 4.78 is 37.7. The van der Waals surface area contributed by atoms with Crippen molar-refractivity contribution in [2.45, 2.75) is 6.18 Å². The molecule has 2 aromatic rings. The lowest BCUT2D eigenvalue weighted by atomic mass is 9.97. The zero-order valence-electron chi connectivity index (χ0n) is 12.8. The van der Waals surface area contributed by atoms with Crippen molar-refractivity contribution in [3.05, 3.63) is 63.6 Å². The van der Waals surface area contributed by atoms with Crippen LogP contribution < -0.4 is 5.32 Å². The number of nitriles is 1. The van der Waals surface area contributed by atoms with Crippen LogP contribution in [0.5, 0.6) is 0 Å². The maximum absolute atomic E-state index is 12.6.